The molecule has 43 heavy (non-hydrogen) atoms. The molecule has 0 radical (unpaired) electrons. The number of aliphatic hydroxyl groups is 1. The quantitative estimate of drug-likeness (QED) is 0.252. The van der Waals surface area contributed by atoms with Crippen LogP contribution in [-0.4, -0.2) is 46.4 Å². The Kier molecular flexibility index (Phi) is 8.48. The van der Waals surface area contributed by atoms with Crippen LogP contribution >= 0.6 is 0 Å². The number of aliphatic imine (C=N–C) groups is 1. The second-order valence-corrected chi connectivity index (χ2v) is 12.0. The molecule has 1 amide bonds. The summed E-state index contributed by atoms with van der Waals surface area (Å²) in [6.07, 6.45) is 0.0919. The van der Waals surface area contributed by atoms with Gasteiger partial charge in [-0.25, -0.2) is 9.59 Å². The summed E-state index contributed by atoms with van der Waals surface area (Å²) in [5, 5.41) is 22.7. The van der Waals surface area contributed by atoms with Crippen LogP contribution < -0.4 is 5.32 Å². The number of amides is 1. The Hall–Kier alpha value is -4.72. The van der Waals surface area contributed by atoms with Crippen LogP contribution in [0.1, 0.15) is 61.8 Å². The number of allylic oxidation sites excluding steroid dienone is 2. The number of benzene rings is 3. The normalized spacial score (nSPS) is 16.8. The van der Waals surface area contributed by atoms with Gasteiger partial charge in [0, 0.05) is 30.9 Å². The van der Waals surface area contributed by atoms with Crippen molar-refractivity contribution in [3.63, 3.8) is 0 Å². The number of rotatable bonds is 9. The first-order valence-electron chi connectivity index (χ1n) is 14.4. The number of Topliss-reactive ketones (excluding diaryl/α,β-unsaturated/α-hetero) is 1. The predicted molar refractivity (Wildman–Crippen MR) is 164 cm³/mol. The van der Waals surface area contributed by atoms with Gasteiger partial charge in [0.1, 0.15) is 18.4 Å². The molecule has 0 aromatic heterocycles. The average Bonchev–Trinajstić information content (AvgIpc) is 3.28. The maximum Gasteiger partial charge on any atom is 0.407 e. The first-order valence-corrected chi connectivity index (χ1v) is 14.4. The molecular weight excluding hydrogens is 544 g/mol. The predicted octanol–water partition coefficient (Wildman–Crippen LogP) is 6.38. The van der Waals surface area contributed by atoms with Crippen molar-refractivity contribution in [2.45, 2.75) is 58.5 Å². The van der Waals surface area contributed by atoms with Crippen molar-refractivity contribution in [1.82, 2.24) is 5.32 Å². The molecule has 3 N–H and O–H groups in total. The minimum atomic E-state index is -1.17. The highest BCUT2D eigenvalue weighted by atomic mass is 16.5. The van der Waals surface area contributed by atoms with Crippen molar-refractivity contribution in [3.05, 3.63) is 106 Å². The fourth-order valence-electron chi connectivity index (χ4n) is 5.99. The van der Waals surface area contributed by atoms with E-state index in [1.807, 2.05) is 74.5 Å². The highest BCUT2D eigenvalue weighted by Gasteiger charge is 2.34. The van der Waals surface area contributed by atoms with Crippen LogP contribution in [0.25, 0.3) is 11.1 Å². The number of aliphatic carboxylic acids is 1. The molecular formula is C35H36N2O6. The first-order chi connectivity index (χ1) is 20.5. The lowest BCUT2D eigenvalue weighted by molar-refractivity contribution is -0.139. The maximum atomic E-state index is 12.7. The van der Waals surface area contributed by atoms with Gasteiger partial charge in [-0.15, -0.1) is 0 Å². The van der Waals surface area contributed by atoms with Crippen LogP contribution in [-0.2, 0) is 27.3 Å². The van der Waals surface area contributed by atoms with Gasteiger partial charge in [-0.05, 0) is 45.7 Å². The molecule has 0 aliphatic heterocycles. The molecule has 3 aromatic carbocycles. The number of ether oxygens (including phenoxy) is 1. The van der Waals surface area contributed by atoms with E-state index in [0.29, 0.717) is 30.7 Å². The van der Waals surface area contributed by atoms with E-state index >= 15 is 0 Å². The molecule has 222 valence electrons. The van der Waals surface area contributed by atoms with Gasteiger partial charge in [-0.1, -0.05) is 86.6 Å². The number of ketones is 1. The molecule has 0 spiro atoms. The second kappa shape index (κ2) is 12.3. The SMILES string of the molecule is CC(=NCc1ccc(CC(NC(=O)OCC2c3ccccc3-c3ccccc32)C(=O)O)cc1)C1=C(O)CC(C)(C)CC1=O. The van der Waals surface area contributed by atoms with Crippen LogP contribution in [0.15, 0.2) is 89.1 Å². The van der Waals surface area contributed by atoms with Crippen LogP contribution in [0.5, 0.6) is 0 Å². The molecule has 2 aliphatic rings. The molecule has 3 aromatic rings. The highest BCUT2D eigenvalue weighted by molar-refractivity contribution is 6.22. The molecule has 5 rings (SSSR count). The standard InChI is InChI=1S/C35H36N2O6/c1-21(32-30(38)17-35(2,3)18-31(32)39)36-19-23-14-12-22(13-15-23)16-29(33(40)41)37-34(42)43-20-28-26-10-6-4-8-24(26)25-9-5-7-11-27(25)28/h4-15,28-29,38H,16-20H2,1-3H3,(H,37,42)(H,40,41). The lowest BCUT2D eigenvalue weighted by atomic mass is 9.76. The Morgan fingerprint density at radius 1 is 0.953 bits per heavy atom. The Morgan fingerprint density at radius 3 is 2.12 bits per heavy atom. The van der Waals surface area contributed by atoms with Crippen LogP contribution in [0, 0.1) is 5.41 Å². The fraction of sp³-hybridized carbons (Fsp3) is 0.314. The Balaban J connectivity index is 1.18. The number of carbonyl (C=O) groups is 3. The summed E-state index contributed by atoms with van der Waals surface area (Å²) in [6, 6.07) is 22.1. The van der Waals surface area contributed by atoms with Gasteiger partial charge in [-0.3, -0.25) is 9.79 Å². The summed E-state index contributed by atoms with van der Waals surface area (Å²) in [4.78, 5) is 41.8. The number of carbonyl (C=O) groups excluding carboxylic acids is 2. The minimum Gasteiger partial charge on any atom is -0.511 e. The van der Waals surface area contributed by atoms with E-state index < -0.39 is 18.1 Å². The third-order valence-electron chi connectivity index (χ3n) is 8.11. The van der Waals surface area contributed by atoms with E-state index in [2.05, 4.69) is 10.3 Å². The minimum absolute atomic E-state index is 0.0765. The second-order valence-electron chi connectivity index (χ2n) is 12.0. The van der Waals surface area contributed by atoms with Gasteiger partial charge in [-0.2, -0.15) is 0 Å². The number of nitrogens with zero attached hydrogens (tertiary/aromatic N) is 1. The van der Waals surface area contributed by atoms with Crippen LogP contribution in [0.2, 0.25) is 0 Å². The van der Waals surface area contributed by atoms with Gasteiger partial charge in [0.25, 0.3) is 0 Å². The molecule has 0 saturated heterocycles. The third kappa shape index (κ3) is 6.69. The number of aliphatic hydroxyl groups excluding tert-OH is 1. The maximum absolute atomic E-state index is 12.7. The Morgan fingerprint density at radius 2 is 1.53 bits per heavy atom. The van der Waals surface area contributed by atoms with E-state index in [-0.39, 0.29) is 35.9 Å². The summed E-state index contributed by atoms with van der Waals surface area (Å²) in [7, 11) is 0. The van der Waals surface area contributed by atoms with Crippen LogP contribution in [0.4, 0.5) is 4.79 Å². The number of carboxylic acid groups (broad SMARTS) is 1. The summed E-state index contributed by atoms with van der Waals surface area (Å²) < 4.78 is 5.53. The number of nitrogens with one attached hydrogen (secondary N) is 1. The van der Waals surface area contributed by atoms with E-state index in [1.165, 1.54) is 0 Å². The summed E-state index contributed by atoms with van der Waals surface area (Å²) in [5.74, 6) is -1.30. The largest absolute Gasteiger partial charge is 0.511 e. The molecule has 0 fully saturated rings. The molecule has 8 heteroatoms. The number of hydrogen-bond donors (Lipinski definition) is 3. The first kappa shape index (κ1) is 29.8. The smallest absolute Gasteiger partial charge is 0.407 e. The number of carboxylic acids is 1. The third-order valence-corrected chi connectivity index (χ3v) is 8.11. The number of fused-ring (bicyclic) bond motifs is 3. The van der Waals surface area contributed by atoms with Gasteiger partial charge in [0.05, 0.1) is 12.1 Å². The zero-order valence-corrected chi connectivity index (χ0v) is 24.6. The molecule has 0 bridgehead atoms. The monoisotopic (exact) mass is 580 g/mol. The summed E-state index contributed by atoms with van der Waals surface area (Å²) in [5.41, 5.74) is 6.50. The van der Waals surface area contributed by atoms with E-state index in [9.17, 15) is 24.6 Å². The molecule has 8 nitrogen and oxygen atoms in total. The van der Waals surface area contributed by atoms with Gasteiger partial charge in [0.15, 0.2) is 5.78 Å². The van der Waals surface area contributed by atoms with E-state index in [1.54, 1.807) is 19.1 Å². The lowest BCUT2D eigenvalue weighted by Gasteiger charge is -2.29. The van der Waals surface area contributed by atoms with E-state index in [4.69, 9.17) is 4.74 Å². The molecule has 0 saturated carbocycles. The molecule has 1 atom stereocenters. The fourth-order valence-corrected chi connectivity index (χ4v) is 5.99. The molecule has 2 aliphatic carbocycles. The van der Waals surface area contributed by atoms with Gasteiger partial charge >= 0.3 is 12.1 Å². The molecule has 0 heterocycles. The Labute approximate surface area is 251 Å². The van der Waals surface area contributed by atoms with Crippen molar-refractivity contribution in [3.8, 4) is 11.1 Å². The van der Waals surface area contributed by atoms with Crippen LogP contribution in [0.3, 0.4) is 0 Å². The van der Waals surface area contributed by atoms with Crippen molar-refractivity contribution < 1.29 is 29.3 Å². The average molecular weight is 581 g/mol. The zero-order valence-electron chi connectivity index (χ0n) is 24.6. The van der Waals surface area contributed by atoms with E-state index in [0.717, 1.165) is 33.4 Å². The van der Waals surface area contributed by atoms with Crippen molar-refractivity contribution >= 4 is 23.6 Å². The number of alkyl carbamates (subject to hydrolysis) is 1. The number of hydrogen-bond acceptors (Lipinski definition) is 6. The highest BCUT2D eigenvalue weighted by Crippen LogP contribution is 2.44. The zero-order chi connectivity index (χ0) is 30.7. The summed E-state index contributed by atoms with van der Waals surface area (Å²) >= 11 is 0. The van der Waals surface area contributed by atoms with Crippen molar-refractivity contribution in [1.29, 1.82) is 0 Å². The topological polar surface area (TPSA) is 125 Å². The van der Waals surface area contributed by atoms with Gasteiger partial charge in [0.2, 0.25) is 0 Å². The lowest BCUT2D eigenvalue weighted by Crippen LogP contribution is -2.42. The molecule has 1 unspecified atom stereocenters. The Bertz CT molecular complexity index is 1570. The summed E-state index contributed by atoms with van der Waals surface area (Å²) in [6.45, 7) is 6.03. The van der Waals surface area contributed by atoms with Crippen molar-refractivity contribution in [2.75, 3.05) is 6.61 Å². The van der Waals surface area contributed by atoms with Gasteiger partial charge < -0.3 is 20.3 Å². The van der Waals surface area contributed by atoms with Crippen molar-refractivity contribution in [2.24, 2.45) is 10.4 Å².